The number of nitrogens with zero attached hydrogens (tertiary/aromatic N) is 1. The van der Waals surface area contributed by atoms with Crippen LogP contribution in [0.2, 0.25) is 5.02 Å². The van der Waals surface area contributed by atoms with E-state index in [1.54, 1.807) is 12.4 Å². The van der Waals surface area contributed by atoms with E-state index in [1.165, 1.54) is 0 Å². The number of rotatable bonds is 5. The van der Waals surface area contributed by atoms with E-state index in [9.17, 15) is 4.79 Å². The number of fused-ring (bicyclic) bond motifs is 1. The number of nitrogens with one attached hydrogen (secondary N) is 2. The summed E-state index contributed by atoms with van der Waals surface area (Å²) < 4.78 is 0. The van der Waals surface area contributed by atoms with Gasteiger partial charge < -0.3 is 10.6 Å². The summed E-state index contributed by atoms with van der Waals surface area (Å²) in [4.78, 5) is 16.8. The van der Waals surface area contributed by atoms with Crippen molar-refractivity contribution in [1.82, 2.24) is 10.3 Å². The molecule has 0 saturated heterocycles. The van der Waals surface area contributed by atoms with Crippen molar-refractivity contribution in [3.05, 3.63) is 101 Å². The van der Waals surface area contributed by atoms with Crippen molar-refractivity contribution in [3.8, 4) is 0 Å². The van der Waals surface area contributed by atoms with Gasteiger partial charge in [-0.25, -0.2) is 0 Å². The van der Waals surface area contributed by atoms with Gasteiger partial charge >= 0.3 is 0 Å². The zero-order valence-corrected chi connectivity index (χ0v) is 15.8. The van der Waals surface area contributed by atoms with Gasteiger partial charge in [0.05, 0.1) is 0 Å². The molecule has 0 saturated carbocycles. The summed E-state index contributed by atoms with van der Waals surface area (Å²) >= 11 is 6.08. The molecule has 0 radical (unpaired) electrons. The van der Waals surface area contributed by atoms with Crippen LogP contribution >= 0.6 is 11.6 Å². The lowest BCUT2D eigenvalue weighted by Crippen LogP contribution is -2.23. The quantitative estimate of drug-likeness (QED) is 0.471. The maximum Gasteiger partial charge on any atom is 0.252 e. The summed E-state index contributed by atoms with van der Waals surface area (Å²) in [6.45, 7) is 0.457. The van der Waals surface area contributed by atoms with Crippen LogP contribution in [0, 0.1) is 0 Å². The normalized spacial score (nSPS) is 10.6. The first kappa shape index (κ1) is 18.0. The molecule has 0 spiro atoms. The zero-order valence-electron chi connectivity index (χ0n) is 15.0. The molecule has 4 rings (SSSR count). The van der Waals surface area contributed by atoms with Crippen molar-refractivity contribution in [1.29, 1.82) is 0 Å². The highest BCUT2D eigenvalue weighted by Crippen LogP contribution is 2.30. The fourth-order valence-electron chi connectivity index (χ4n) is 3.11. The van der Waals surface area contributed by atoms with Gasteiger partial charge in [-0.05, 0) is 53.4 Å². The van der Waals surface area contributed by atoms with Crippen LogP contribution in [0.1, 0.15) is 15.9 Å². The van der Waals surface area contributed by atoms with Gasteiger partial charge in [0.1, 0.15) is 0 Å². The van der Waals surface area contributed by atoms with Crippen LogP contribution in [0.3, 0.4) is 0 Å². The summed E-state index contributed by atoms with van der Waals surface area (Å²) in [5.74, 6) is -0.109. The van der Waals surface area contributed by atoms with Crippen LogP contribution in [0.5, 0.6) is 0 Å². The van der Waals surface area contributed by atoms with Gasteiger partial charge in [-0.1, -0.05) is 41.9 Å². The maximum absolute atomic E-state index is 12.8. The van der Waals surface area contributed by atoms with E-state index < -0.39 is 0 Å². The number of amides is 1. The van der Waals surface area contributed by atoms with Crippen molar-refractivity contribution in [3.63, 3.8) is 0 Å². The van der Waals surface area contributed by atoms with Crippen molar-refractivity contribution < 1.29 is 4.79 Å². The molecule has 0 aliphatic rings. The van der Waals surface area contributed by atoms with Crippen LogP contribution in [0.25, 0.3) is 10.8 Å². The predicted molar refractivity (Wildman–Crippen MR) is 114 cm³/mol. The highest BCUT2D eigenvalue weighted by Gasteiger charge is 2.12. The Labute approximate surface area is 168 Å². The monoisotopic (exact) mass is 387 g/mol. The Kier molecular flexibility index (Phi) is 5.22. The number of aromatic nitrogens is 1. The first-order chi connectivity index (χ1) is 13.7. The number of pyridine rings is 1. The fraction of sp³-hybridized carbons (Fsp3) is 0.0435. The molecule has 0 atom stereocenters. The van der Waals surface area contributed by atoms with Gasteiger partial charge in [-0.15, -0.1) is 0 Å². The van der Waals surface area contributed by atoms with Crippen molar-refractivity contribution in [2.45, 2.75) is 6.54 Å². The summed E-state index contributed by atoms with van der Waals surface area (Å²) in [6.07, 6.45) is 3.43. The van der Waals surface area contributed by atoms with Crippen molar-refractivity contribution >= 4 is 39.7 Å². The molecule has 0 aliphatic carbocycles. The summed E-state index contributed by atoms with van der Waals surface area (Å²) in [5, 5.41) is 8.90. The molecule has 28 heavy (non-hydrogen) atoms. The van der Waals surface area contributed by atoms with Crippen LogP contribution in [0.4, 0.5) is 11.4 Å². The average molecular weight is 388 g/mol. The second-order valence-corrected chi connectivity index (χ2v) is 6.82. The third-order valence-electron chi connectivity index (χ3n) is 4.47. The molecule has 3 aromatic carbocycles. The molecule has 0 fully saturated rings. The number of hydrogen-bond acceptors (Lipinski definition) is 3. The lowest BCUT2D eigenvalue weighted by Gasteiger charge is -2.13. The highest BCUT2D eigenvalue weighted by molar-refractivity contribution is 6.30. The molecular formula is C23H18ClN3O. The number of anilines is 2. The molecular weight excluding hydrogens is 370 g/mol. The largest absolute Gasteiger partial charge is 0.355 e. The number of carbonyl (C=O) groups excluding carboxylic acids is 1. The van der Waals surface area contributed by atoms with E-state index in [0.717, 1.165) is 27.7 Å². The Morgan fingerprint density at radius 3 is 2.46 bits per heavy atom. The molecule has 4 aromatic rings. The van der Waals surface area contributed by atoms with Gasteiger partial charge in [0.25, 0.3) is 5.91 Å². The topological polar surface area (TPSA) is 54.0 Å². The lowest BCUT2D eigenvalue weighted by atomic mass is 10.0. The number of hydrogen-bond donors (Lipinski definition) is 2. The van der Waals surface area contributed by atoms with Gasteiger partial charge in [0.2, 0.25) is 0 Å². The van der Waals surface area contributed by atoms with Gasteiger partial charge in [0, 0.05) is 46.3 Å². The van der Waals surface area contributed by atoms with E-state index >= 15 is 0 Å². The first-order valence-electron chi connectivity index (χ1n) is 8.92. The highest BCUT2D eigenvalue weighted by atomic mass is 35.5. The van der Waals surface area contributed by atoms with E-state index in [0.29, 0.717) is 17.1 Å². The second kappa shape index (κ2) is 8.11. The third-order valence-corrected chi connectivity index (χ3v) is 4.71. The zero-order chi connectivity index (χ0) is 19.3. The van der Waals surface area contributed by atoms with Crippen LogP contribution in [0.15, 0.2) is 85.2 Å². The minimum absolute atomic E-state index is 0.109. The van der Waals surface area contributed by atoms with Gasteiger partial charge in [-0.3, -0.25) is 9.78 Å². The van der Waals surface area contributed by atoms with E-state index in [4.69, 9.17) is 11.6 Å². The van der Waals surface area contributed by atoms with Crippen molar-refractivity contribution in [2.75, 3.05) is 5.32 Å². The van der Waals surface area contributed by atoms with Crippen LogP contribution in [-0.4, -0.2) is 10.9 Å². The second-order valence-electron chi connectivity index (χ2n) is 6.38. The summed E-state index contributed by atoms with van der Waals surface area (Å²) in [5.41, 5.74) is 3.46. The minimum Gasteiger partial charge on any atom is -0.355 e. The molecule has 1 aromatic heterocycles. The summed E-state index contributed by atoms with van der Waals surface area (Å²) in [7, 11) is 0. The molecule has 1 heterocycles. The van der Waals surface area contributed by atoms with Crippen LogP contribution < -0.4 is 10.6 Å². The Balaban J connectivity index is 1.62. The summed E-state index contributed by atoms with van der Waals surface area (Å²) in [6, 6.07) is 22.9. The molecule has 0 bridgehead atoms. The number of benzene rings is 3. The maximum atomic E-state index is 12.8. The van der Waals surface area contributed by atoms with Crippen molar-refractivity contribution in [2.24, 2.45) is 0 Å². The standard InChI is InChI=1S/C23H18ClN3O/c24-17-4-3-5-18(14-17)27-22-9-8-21(19-6-1-2-7-20(19)22)23(28)26-15-16-10-12-25-13-11-16/h1-14,27H,15H2,(H,26,28). The fourth-order valence-corrected chi connectivity index (χ4v) is 3.30. The van der Waals surface area contributed by atoms with Gasteiger partial charge in [-0.2, -0.15) is 0 Å². The number of carbonyl (C=O) groups is 1. The number of halogens is 1. The molecule has 2 N–H and O–H groups in total. The van der Waals surface area contributed by atoms with E-state index in [1.807, 2.05) is 72.8 Å². The Bertz CT molecular complexity index is 1130. The van der Waals surface area contributed by atoms with E-state index in [2.05, 4.69) is 15.6 Å². The minimum atomic E-state index is -0.109. The third kappa shape index (κ3) is 3.97. The average Bonchev–Trinajstić information content (AvgIpc) is 2.73. The molecule has 4 nitrogen and oxygen atoms in total. The predicted octanol–water partition coefficient (Wildman–Crippen LogP) is 5.56. The van der Waals surface area contributed by atoms with Crippen LogP contribution in [-0.2, 0) is 6.54 Å². The SMILES string of the molecule is O=C(NCc1ccncc1)c1ccc(Nc2cccc(Cl)c2)c2ccccc12. The Morgan fingerprint density at radius 1 is 0.893 bits per heavy atom. The Hall–Kier alpha value is -3.37. The first-order valence-corrected chi connectivity index (χ1v) is 9.30. The molecule has 0 aliphatic heterocycles. The molecule has 0 unspecified atom stereocenters. The lowest BCUT2D eigenvalue weighted by molar-refractivity contribution is 0.0952. The van der Waals surface area contributed by atoms with Gasteiger partial charge in [0.15, 0.2) is 0 Å². The Morgan fingerprint density at radius 2 is 1.68 bits per heavy atom. The molecule has 138 valence electrons. The molecule has 5 heteroatoms. The van der Waals surface area contributed by atoms with E-state index in [-0.39, 0.29) is 5.91 Å². The smallest absolute Gasteiger partial charge is 0.252 e. The molecule has 1 amide bonds.